The van der Waals surface area contributed by atoms with Crippen LogP contribution in [0.2, 0.25) is 0 Å². The Bertz CT molecular complexity index is 726. The molecule has 1 aliphatic rings. The van der Waals surface area contributed by atoms with Gasteiger partial charge >= 0.3 is 0 Å². The molecule has 1 aliphatic carbocycles. The first-order valence-electron chi connectivity index (χ1n) is 5.78. The SMILES string of the molecule is Nc1nn2c(-c3noc4c3CCCC4)nnc2s1. The lowest BCUT2D eigenvalue weighted by Crippen LogP contribution is -2.01. The second-order valence-electron chi connectivity index (χ2n) is 4.30. The van der Waals surface area contributed by atoms with Gasteiger partial charge in [0, 0.05) is 12.0 Å². The minimum Gasteiger partial charge on any atom is -0.374 e. The number of rotatable bonds is 1. The summed E-state index contributed by atoms with van der Waals surface area (Å²) in [5.41, 5.74) is 7.56. The highest BCUT2D eigenvalue weighted by molar-refractivity contribution is 7.20. The van der Waals surface area contributed by atoms with Gasteiger partial charge in [-0.15, -0.1) is 15.3 Å². The van der Waals surface area contributed by atoms with Crippen molar-refractivity contribution >= 4 is 21.4 Å². The quantitative estimate of drug-likeness (QED) is 0.710. The van der Waals surface area contributed by atoms with Crippen LogP contribution < -0.4 is 5.73 Å². The lowest BCUT2D eigenvalue weighted by molar-refractivity contribution is 0.373. The molecule has 0 spiro atoms. The van der Waals surface area contributed by atoms with E-state index in [1.54, 1.807) is 4.52 Å². The van der Waals surface area contributed by atoms with Crippen LogP contribution in [0, 0.1) is 0 Å². The molecule has 0 unspecified atom stereocenters. The molecule has 0 bridgehead atoms. The van der Waals surface area contributed by atoms with E-state index in [1.807, 2.05) is 0 Å². The molecule has 0 amide bonds. The van der Waals surface area contributed by atoms with Crippen molar-refractivity contribution in [3.05, 3.63) is 11.3 Å². The van der Waals surface area contributed by atoms with E-state index < -0.39 is 0 Å². The molecular weight excluding hydrogens is 252 g/mol. The Morgan fingerprint density at radius 1 is 1.22 bits per heavy atom. The smallest absolute Gasteiger partial charge is 0.236 e. The minimum absolute atomic E-state index is 0.471. The lowest BCUT2D eigenvalue weighted by atomic mass is 9.96. The molecule has 0 saturated carbocycles. The predicted octanol–water partition coefficient (Wildman–Crippen LogP) is 1.30. The minimum atomic E-state index is 0.471. The maximum absolute atomic E-state index is 5.67. The molecule has 0 aromatic carbocycles. The summed E-state index contributed by atoms with van der Waals surface area (Å²) < 4.78 is 7.01. The van der Waals surface area contributed by atoms with E-state index in [1.165, 1.54) is 11.3 Å². The largest absolute Gasteiger partial charge is 0.374 e. The van der Waals surface area contributed by atoms with E-state index in [0.29, 0.717) is 15.9 Å². The van der Waals surface area contributed by atoms with Crippen LogP contribution in [0.25, 0.3) is 16.5 Å². The van der Waals surface area contributed by atoms with Crippen molar-refractivity contribution in [2.45, 2.75) is 25.7 Å². The molecule has 0 fully saturated rings. The molecule has 18 heavy (non-hydrogen) atoms. The number of nitrogen functional groups attached to an aromatic ring is 1. The maximum atomic E-state index is 5.67. The van der Waals surface area contributed by atoms with Crippen molar-refractivity contribution in [2.24, 2.45) is 0 Å². The van der Waals surface area contributed by atoms with E-state index in [0.717, 1.165) is 42.7 Å². The molecule has 7 nitrogen and oxygen atoms in total. The van der Waals surface area contributed by atoms with Gasteiger partial charge in [-0.05, 0) is 19.3 Å². The number of hydrogen-bond acceptors (Lipinski definition) is 7. The molecule has 0 atom stereocenters. The number of aryl methyl sites for hydroxylation is 1. The fraction of sp³-hybridized carbons (Fsp3) is 0.400. The van der Waals surface area contributed by atoms with Crippen molar-refractivity contribution < 1.29 is 4.52 Å². The Kier molecular flexibility index (Phi) is 1.95. The van der Waals surface area contributed by atoms with Gasteiger partial charge in [0.1, 0.15) is 5.76 Å². The van der Waals surface area contributed by atoms with Gasteiger partial charge in [-0.1, -0.05) is 16.5 Å². The Morgan fingerprint density at radius 3 is 3.06 bits per heavy atom. The first-order chi connectivity index (χ1) is 8.83. The third-order valence-electron chi connectivity index (χ3n) is 3.17. The summed E-state index contributed by atoms with van der Waals surface area (Å²) in [6, 6.07) is 0. The van der Waals surface area contributed by atoms with Gasteiger partial charge in [0.15, 0.2) is 5.69 Å². The zero-order valence-electron chi connectivity index (χ0n) is 9.46. The van der Waals surface area contributed by atoms with Crippen LogP contribution in [0.1, 0.15) is 24.2 Å². The summed E-state index contributed by atoms with van der Waals surface area (Å²) in [6.07, 6.45) is 4.23. The fourth-order valence-corrected chi connectivity index (χ4v) is 2.94. The monoisotopic (exact) mass is 262 g/mol. The van der Waals surface area contributed by atoms with Gasteiger partial charge in [-0.25, -0.2) is 0 Å². The Labute approximate surface area is 106 Å². The Hall–Kier alpha value is -1.96. The zero-order chi connectivity index (χ0) is 12.1. The summed E-state index contributed by atoms with van der Waals surface area (Å²) >= 11 is 1.31. The first-order valence-corrected chi connectivity index (χ1v) is 6.60. The maximum Gasteiger partial charge on any atom is 0.236 e. The molecule has 2 N–H and O–H groups in total. The molecule has 4 rings (SSSR count). The standard InChI is InChI=1S/C10H10N6OS/c11-9-14-16-8(12-13-10(16)18-9)7-5-3-1-2-4-6(5)17-15-7/h1-4H2,(H2,11,14). The van der Waals surface area contributed by atoms with Crippen molar-refractivity contribution in [1.29, 1.82) is 0 Å². The number of nitrogens with two attached hydrogens (primary N) is 1. The third-order valence-corrected chi connectivity index (χ3v) is 3.90. The number of nitrogens with zero attached hydrogens (tertiary/aromatic N) is 5. The molecule has 0 saturated heterocycles. The fourth-order valence-electron chi connectivity index (χ4n) is 2.34. The van der Waals surface area contributed by atoms with E-state index >= 15 is 0 Å². The molecule has 0 aliphatic heterocycles. The average molecular weight is 262 g/mol. The molecule has 92 valence electrons. The third kappa shape index (κ3) is 1.29. The summed E-state index contributed by atoms with van der Waals surface area (Å²) in [7, 11) is 0. The van der Waals surface area contributed by atoms with Crippen LogP contribution in [0.4, 0.5) is 5.13 Å². The van der Waals surface area contributed by atoms with Crippen LogP contribution in [-0.2, 0) is 12.8 Å². The topological polar surface area (TPSA) is 95.1 Å². The highest BCUT2D eigenvalue weighted by atomic mass is 32.1. The highest BCUT2D eigenvalue weighted by Crippen LogP contribution is 2.31. The summed E-state index contributed by atoms with van der Waals surface area (Å²) in [5.74, 6) is 1.58. The highest BCUT2D eigenvalue weighted by Gasteiger charge is 2.24. The summed E-state index contributed by atoms with van der Waals surface area (Å²) in [4.78, 5) is 0.676. The van der Waals surface area contributed by atoms with Gasteiger partial charge < -0.3 is 10.3 Å². The van der Waals surface area contributed by atoms with Gasteiger partial charge in [0.25, 0.3) is 0 Å². The summed E-state index contributed by atoms with van der Waals surface area (Å²) in [5, 5.41) is 17.0. The number of fused-ring (bicyclic) bond motifs is 2. The van der Waals surface area contributed by atoms with Crippen molar-refractivity contribution in [1.82, 2.24) is 25.0 Å². The van der Waals surface area contributed by atoms with Gasteiger partial charge in [-0.2, -0.15) is 4.52 Å². The second-order valence-corrected chi connectivity index (χ2v) is 5.29. The van der Waals surface area contributed by atoms with Crippen molar-refractivity contribution in [2.75, 3.05) is 5.73 Å². The van der Waals surface area contributed by atoms with Crippen LogP contribution in [-0.4, -0.2) is 25.0 Å². The van der Waals surface area contributed by atoms with Gasteiger partial charge in [0.2, 0.25) is 15.9 Å². The van der Waals surface area contributed by atoms with E-state index in [2.05, 4.69) is 20.5 Å². The van der Waals surface area contributed by atoms with Crippen LogP contribution in [0.3, 0.4) is 0 Å². The van der Waals surface area contributed by atoms with E-state index in [-0.39, 0.29) is 0 Å². The Balaban J connectivity index is 1.94. The normalized spacial score (nSPS) is 15.1. The van der Waals surface area contributed by atoms with E-state index in [9.17, 15) is 0 Å². The lowest BCUT2D eigenvalue weighted by Gasteiger charge is -2.07. The number of aromatic nitrogens is 5. The van der Waals surface area contributed by atoms with Gasteiger partial charge in [-0.3, -0.25) is 0 Å². The molecule has 0 radical (unpaired) electrons. The molecule has 3 aromatic rings. The average Bonchev–Trinajstić information content (AvgIpc) is 3.02. The molecule has 3 aromatic heterocycles. The Morgan fingerprint density at radius 2 is 2.11 bits per heavy atom. The van der Waals surface area contributed by atoms with Gasteiger partial charge in [0.05, 0.1) is 0 Å². The number of anilines is 1. The number of hydrogen-bond donors (Lipinski definition) is 1. The van der Waals surface area contributed by atoms with Crippen LogP contribution >= 0.6 is 11.3 Å². The van der Waals surface area contributed by atoms with Crippen molar-refractivity contribution in [3.8, 4) is 11.5 Å². The molecule has 3 heterocycles. The predicted molar refractivity (Wildman–Crippen MR) is 65.2 cm³/mol. The zero-order valence-corrected chi connectivity index (χ0v) is 10.3. The van der Waals surface area contributed by atoms with Crippen LogP contribution in [0.5, 0.6) is 0 Å². The van der Waals surface area contributed by atoms with Crippen LogP contribution in [0.15, 0.2) is 4.52 Å². The molecule has 8 heteroatoms. The second kappa shape index (κ2) is 3.52. The van der Waals surface area contributed by atoms with E-state index in [4.69, 9.17) is 10.3 Å². The molecular formula is C10H10N6OS. The first kappa shape index (κ1) is 10.0. The van der Waals surface area contributed by atoms with Crippen molar-refractivity contribution in [3.63, 3.8) is 0 Å². The summed E-state index contributed by atoms with van der Waals surface area (Å²) in [6.45, 7) is 0.